The van der Waals surface area contributed by atoms with E-state index in [1.54, 1.807) is 67.6 Å². The van der Waals surface area contributed by atoms with Crippen LogP contribution in [-0.4, -0.2) is 235 Å². The third-order valence-corrected chi connectivity index (χ3v) is 18.6. The molecule has 0 aromatic heterocycles. The van der Waals surface area contributed by atoms with E-state index in [2.05, 4.69) is 30.3 Å². The first-order valence-corrected chi connectivity index (χ1v) is 38.1. The highest BCUT2D eigenvalue weighted by atomic mass is 28.3. The highest BCUT2D eigenvalue weighted by molar-refractivity contribution is 6.76. The maximum atomic E-state index is 15.2. The molecule has 0 aliphatic carbocycles. The molecule has 7 rings (SSSR count). The zero-order valence-electron chi connectivity index (χ0n) is 61.4. The minimum atomic E-state index is -3.12. The molecule has 580 valence electrons. The topological polar surface area (TPSA) is 390 Å². The van der Waals surface area contributed by atoms with Gasteiger partial charge in [0.25, 0.3) is 5.79 Å². The van der Waals surface area contributed by atoms with Crippen molar-refractivity contribution in [3.63, 3.8) is 0 Å². The molecule has 2 amide bonds. The Balaban J connectivity index is 1.42. The fourth-order valence-corrected chi connectivity index (χ4v) is 13.2. The number of aliphatic hydroxyl groups excluding tert-OH is 1. The lowest BCUT2D eigenvalue weighted by molar-refractivity contribution is -0.388. The van der Waals surface area contributed by atoms with Crippen LogP contribution in [0.25, 0.3) is 0 Å². The molecule has 105 heavy (non-hydrogen) atoms. The van der Waals surface area contributed by atoms with Gasteiger partial charge in [0.1, 0.15) is 67.6 Å². The highest BCUT2D eigenvalue weighted by Crippen LogP contribution is 2.43. The fraction of sp³-hybridized carbons (Fsp3) is 0.611. The van der Waals surface area contributed by atoms with Crippen LogP contribution in [0.15, 0.2) is 91.0 Å². The van der Waals surface area contributed by atoms with Crippen molar-refractivity contribution < 1.29 is 143 Å². The average Bonchev–Trinajstić information content (AvgIpc) is 0.738. The van der Waals surface area contributed by atoms with Crippen molar-refractivity contribution in [3.8, 4) is 0 Å². The van der Waals surface area contributed by atoms with Crippen molar-refractivity contribution in [1.29, 1.82) is 0 Å². The van der Waals surface area contributed by atoms with Crippen molar-refractivity contribution in [2.24, 2.45) is 0 Å². The summed E-state index contributed by atoms with van der Waals surface area (Å²) in [5.41, 5.74) is 2.06. The Morgan fingerprint density at radius 3 is 1.53 bits per heavy atom. The number of rotatable bonds is 34. The van der Waals surface area contributed by atoms with Crippen molar-refractivity contribution in [2.75, 3.05) is 33.5 Å². The van der Waals surface area contributed by atoms with E-state index in [0.29, 0.717) is 17.2 Å². The summed E-state index contributed by atoms with van der Waals surface area (Å²) in [6.07, 6.45) is -31.9. The molecule has 0 unspecified atom stereocenters. The van der Waals surface area contributed by atoms with Gasteiger partial charge in [-0.1, -0.05) is 111 Å². The number of carbonyl (C=O) groups is 10. The summed E-state index contributed by atoms with van der Waals surface area (Å²) in [6, 6.07) is 24.2. The molecule has 4 aliphatic heterocycles. The fourth-order valence-electron chi connectivity index (χ4n) is 12.5. The van der Waals surface area contributed by atoms with Crippen LogP contribution in [0.3, 0.4) is 0 Å². The molecule has 3 aromatic carbocycles. The molecular weight excluding hydrogens is 1400 g/mol. The Hall–Kier alpha value is -7.90. The number of nitrogens with one attached hydrogen (secondary N) is 2. The van der Waals surface area contributed by atoms with E-state index in [1.165, 1.54) is 6.92 Å². The summed E-state index contributed by atoms with van der Waals surface area (Å²) >= 11 is 0. The number of esters is 8. The van der Waals surface area contributed by atoms with Gasteiger partial charge < -0.3 is 106 Å². The number of carbonyl (C=O) groups excluding carboxylic acids is 10. The van der Waals surface area contributed by atoms with Crippen molar-refractivity contribution >= 4 is 67.6 Å². The molecule has 0 spiro atoms. The van der Waals surface area contributed by atoms with Gasteiger partial charge in [-0.3, -0.25) is 43.2 Å². The number of methoxy groups -OCH3 is 1. The molecule has 0 saturated carbocycles. The third kappa shape index (κ3) is 25.1. The lowest BCUT2D eigenvalue weighted by Crippen LogP contribution is -2.72. The summed E-state index contributed by atoms with van der Waals surface area (Å²) < 4.78 is 120. The van der Waals surface area contributed by atoms with Crippen LogP contribution in [-0.2, 0) is 158 Å². The standard InChI is InChI=1S/C72H98N2O30Si/c1-39-59(95-45(7)80)64(66(91-35-51-28-22-17-23-29-51)69(92-39)89-30-31-105(12,13)14)102-68-57(74-41(3)76)58(84)60(53(99-68)36-87-33-49-24-18-15-19-25-49)101-70-67(98-48(10)83)65(62(97-47(9)82)54(100-70)37-88-34-50-26-20-16-21-27-50)104-72(71(85)86-11)32-52(93-43(5)78)56(73-40(2)75)63(103-72)61(96-46(8)81)55(94-44(6)79)38-90-42(4)77/h15-29,39,52-70,84H,30-38H2,1-14H3,(H,73,75)(H,74,76)/t39-,52-,53+,54+,55+,56+,57+,58+,59+,60+,61+,62-,63+,64+,65-,66-,67+,68-,69+,70-,72-/m0/s1. The normalized spacial score (nSPS) is 29.4. The number of hydrogen-bond acceptors (Lipinski definition) is 30. The monoisotopic (exact) mass is 1500 g/mol. The molecule has 3 N–H and O–H groups in total. The van der Waals surface area contributed by atoms with Crippen LogP contribution < -0.4 is 10.6 Å². The second kappa shape index (κ2) is 39.6. The summed E-state index contributed by atoms with van der Waals surface area (Å²) in [6.45, 7) is 15.6. The molecule has 0 bridgehead atoms. The largest absolute Gasteiger partial charge is 0.465 e. The van der Waals surface area contributed by atoms with Gasteiger partial charge in [0.05, 0.1) is 58.7 Å². The molecule has 0 radical (unpaired) electrons. The molecular formula is C72H98N2O30Si. The van der Waals surface area contributed by atoms with Gasteiger partial charge in [-0.2, -0.15) is 0 Å². The van der Waals surface area contributed by atoms with E-state index in [-0.39, 0.29) is 26.4 Å². The number of hydrogen-bond donors (Lipinski definition) is 3. The van der Waals surface area contributed by atoms with Gasteiger partial charge in [0.15, 0.2) is 49.4 Å². The quantitative estimate of drug-likeness (QED) is 0.0433. The molecule has 21 atom stereocenters. The molecule has 33 heteroatoms. The van der Waals surface area contributed by atoms with Gasteiger partial charge in [-0.15, -0.1) is 0 Å². The van der Waals surface area contributed by atoms with Gasteiger partial charge >= 0.3 is 47.8 Å². The highest BCUT2D eigenvalue weighted by Gasteiger charge is 2.64. The van der Waals surface area contributed by atoms with Gasteiger partial charge in [-0.05, 0) is 29.7 Å². The Kier molecular flexibility index (Phi) is 31.8. The Bertz CT molecular complexity index is 3370. The lowest BCUT2D eigenvalue weighted by Gasteiger charge is -2.52. The van der Waals surface area contributed by atoms with E-state index in [4.69, 9.17) is 90.0 Å². The van der Waals surface area contributed by atoms with Crippen molar-refractivity contribution in [3.05, 3.63) is 108 Å². The van der Waals surface area contributed by atoms with Crippen LogP contribution in [0.5, 0.6) is 0 Å². The Labute approximate surface area is 609 Å². The number of ether oxygens (including phenoxy) is 19. The van der Waals surface area contributed by atoms with Crippen LogP contribution in [0, 0.1) is 0 Å². The summed E-state index contributed by atoms with van der Waals surface area (Å²) in [4.78, 5) is 135. The SMILES string of the molecule is COC(=O)[C@@]1(O[C@H]2[C@@H](OC(C)=O)[C@@H](COCc3ccccc3)O[C@@H](O[C@H]3[C@H](O)[C@@H](NC(C)=O)[C@H](O[C@H]4[C@H](OCc5ccccc5)[C@H](OCC[Si](C)(C)C)O[C@@H](C)[C@H]4OC(C)=O)O[C@@H]3COCc3ccccc3)[C@@H]2OC(C)=O)C[C@H](OC(C)=O)[C@@H](NC(C)=O)[C@H]([C@H](OC(C)=O)[C@@H](COC(C)=O)OC(C)=O)O1. The Morgan fingerprint density at radius 1 is 0.533 bits per heavy atom. The zero-order valence-corrected chi connectivity index (χ0v) is 62.4. The third-order valence-electron chi connectivity index (χ3n) is 16.9. The molecule has 4 heterocycles. The molecule has 32 nitrogen and oxygen atoms in total. The van der Waals surface area contributed by atoms with Crippen LogP contribution in [0.1, 0.15) is 92.3 Å². The molecule has 4 fully saturated rings. The van der Waals surface area contributed by atoms with E-state index in [1.807, 2.05) is 30.3 Å². The van der Waals surface area contributed by atoms with E-state index in [0.717, 1.165) is 68.1 Å². The van der Waals surface area contributed by atoms with Gasteiger partial charge in [0.2, 0.25) is 11.8 Å². The van der Waals surface area contributed by atoms with E-state index < -0.39 is 222 Å². The smallest absolute Gasteiger partial charge is 0.366 e. The number of benzene rings is 3. The lowest BCUT2D eigenvalue weighted by atomic mass is 9.87. The predicted molar refractivity (Wildman–Crippen MR) is 363 cm³/mol. The predicted octanol–water partition coefficient (Wildman–Crippen LogP) is 3.89. The maximum Gasteiger partial charge on any atom is 0.366 e. The van der Waals surface area contributed by atoms with E-state index in [9.17, 15) is 48.3 Å². The summed E-state index contributed by atoms with van der Waals surface area (Å²) in [7, 11) is -0.836. The Morgan fingerprint density at radius 2 is 1.03 bits per heavy atom. The van der Waals surface area contributed by atoms with Crippen LogP contribution in [0.4, 0.5) is 0 Å². The van der Waals surface area contributed by atoms with Crippen LogP contribution >= 0.6 is 0 Å². The zero-order chi connectivity index (χ0) is 76.9. The first-order valence-electron chi connectivity index (χ1n) is 34.4. The van der Waals surface area contributed by atoms with Gasteiger partial charge in [0, 0.05) is 77.0 Å². The molecule has 3 aromatic rings. The first-order chi connectivity index (χ1) is 49.7. The van der Waals surface area contributed by atoms with Crippen LogP contribution in [0.2, 0.25) is 25.7 Å². The second-order valence-corrected chi connectivity index (χ2v) is 32.5. The maximum absolute atomic E-state index is 15.2. The first kappa shape index (κ1) is 84.4. The molecule has 4 aliphatic rings. The van der Waals surface area contributed by atoms with Crippen molar-refractivity contribution in [2.45, 2.75) is 249 Å². The van der Waals surface area contributed by atoms with Gasteiger partial charge in [-0.25, -0.2) is 4.79 Å². The minimum absolute atomic E-state index is 0.0358. The van der Waals surface area contributed by atoms with Crippen molar-refractivity contribution in [1.82, 2.24) is 10.6 Å². The number of amides is 2. The second-order valence-electron chi connectivity index (χ2n) is 26.9. The minimum Gasteiger partial charge on any atom is -0.465 e. The average molecular weight is 1500 g/mol. The number of aliphatic hydroxyl groups is 1. The van der Waals surface area contributed by atoms with E-state index >= 15 is 4.79 Å². The summed E-state index contributed by atoms with van der Waals surface area (Å²) in [5, 5.41) is 18.6. The molecule has 4 saturated heterocycles. The summed E-state index contributed by atoms with van der Waals surface area (Å²) in [5.74, 6) is -13.1.